The van der Waals surface area contributed by atoms with Crippen molar-refractivity contribution in [3.8, 4) is 11.3 Å². The molecule has 1 amide bonds. The maximum atomic E-state index is 13.0. The van der Waals surface area contributed by atoms with E-state index in [4.69, 9.17) is 4.52 Å². The van der Waals surface area contributed by atoms with E-state index in [1.165, 1.54) is 18.2 Å². The van der Waals surface area contributed by atoms with Crippen LogP contribution in [0.5, 0.6) is 0 Å². The van der Waals surface area contributed by atoms with Gasteiger partial charge in [-0.2, -0.15) is 0 Å². The normalized spacial score (nSPS) is 10.3. The Morgan fingerprint density at radius 3 is 3.00 bits per heavy atom. The first kappa shape index (κ1) is 12.3. The largest absolute Gasteiger partial charge is 0.350 e. The molecule has 0 saturated heterocycles. The zero-order chi connectivity index (χ0) is 13.0. The van der Waals surface area contributed by atoms with E-state index in [2.05, 4.69) is 10.5 Å². The number of hydrogen-bond donors (Lipinski definition) is 1. The summed E-state index contributed by atoms with van der Waals surface area (Å²) in [4.78, 5) is 11.6. The number of aromatic nitrogens is 1. The summed E-state index contributed by atoms with van der Waals surface area (Å²) in [5.74, 6) is -0.540. The fourth-order valence-electron chi connectivity index (χ4n) is 1.49. The summed E-state index contributed by atoms with van der Waals surface area (Å²) in [7, 11) is 0. The highest BCUT2D eigenvalue weighted by molar-refractivity contribution is 5.92. The van der Waals surface area contributed by atoms with E-state index >= 15 is 0 Å². The van der Waals surface area contributed by atoms with Gasteiger partial charge in [-0.25, -0.2) is 4.39 Å². The highest BCUT2D eigenvalue weighted by Gasteiger charge is 2.13. The summed E-state index contributed by atoms with van der Waals surface area (Å²) in [5.41, 5.74) is 1.02. The van der Waals surface area contributed by atoms with Crippen molar-refractivity contribution in [3.63, 3.8) is 0 Å². The fraction of sp³-hybridized carbons (Fsp3) is 0.231. The van der Waals surface area contributed by atoms with Gasteiger partial charge in [0.1, 0.15) is 11.5 Å². The highest BCUT2D eigenvalue weighted by Crippen LogP contribution is 2.19. The number of benzene rings is 1. The second-order valence-electron chi connectivity index (χ2n) is 3.84. The molecule has 5 heteroatoms. The first-order chi connectivity index (χ1) is 8.70. The van der Waals surface area contributed by atoms with Gasteiger partial charge in [-0.15, -0.1) is 0 Å². The second kappa shape index (κ2) is 5.44. The molecular weight excluding hydrogens is 235 g/mol. The third kappa shape index (κ3) is 2.74. The molecular formula is C13H13FN2O2. The van der Waals surface area contributed by atoms with E-state index in [1.54, 1.807) is 12.1 Å². The van der Waals surface area contributed by atoms with Gasteiger partial charge in [0.25, 0.3) is 5.91 Å². The molecule has 94 valence electrons. The Kier molecular flexibility index (Phi) is 3.72. The molecule has 1 heterocycles. The van der Waals surface area contributed by atoms with Crippen LogP contribution < -0.4 is 5.32 Å². The number of rotatable bonds is 4. The van der Waals surface area contributed by atoms with Crippen LogP contribution in [-0.2, 0) is 0 Å². The fourth-order valence-corrected chi connectivity index (χ4v) is 1.49. The zero-order valence-corrected chi connectivity index (χ0v) is 9.94. The monoisotopic (exact) mass is 248 g/mol. The average molecular weight is 248 g/mol. The smallest absolute Gasteiger partial charge is 0.289 e. The van der Waals surface area contributed by atoms with Gasteiger partial charge in [0.2, 0.25) is 5.76 Å². The van der Waals surface area contributed by atoms with Crippen LogP contribution >= 0.6 is 0 Å². The van der Waals surface area contributed by atoms with Crippen LogP contribution in [0.25, 0.3) is 11.3 Å². The molecule has 1 aromatic heterocycles. The minimum absolute atomic E-state index is 0.128. The van der Waals surface area contributed by atoms with Gasteiger partial charge >= 0.3 is 0 Å². The minimum Gasteiger partial charge on any atom is -0.350 e. The molecule has 2 rings (SSSR count). The summed E-state index contributed by atoms with van der Waals surface area (Å²) in [6, 6.07) is 7.47. The summed E-state index contributed by atoms with van der Waals surface area (Å²) < 4.78 is 18.0. The number of hydrogen-bond acceptors (Lipinski definition) is 3. The van der Waals surface area contributed by atoms with Crippen LogP contribution in [0.2, 0.25) is 0 Å². The topological polar surface area (TPSA) is 55.1 Å². The van der Waals surface area contributed by atoms with Crippen LogP contribution in [0.1, 0.15) is 23.9 Å². The first-order valence-electron chi connectivity index (χ1n) is 5.71. The van der Waals surface area contributed by atoms with Crippen LogP contribution in [-0.4, -0.2) is 17.6 Å². The lowest BCUT2D eigenvalue weighted by atomic mass is 10.1. The van der Waals surface area contributed by atoms with Crippen molar-refractivity contribution in [1.82, 2.24) is 10.5 Å². The molecule has 0 radical (unpaired) electrons. The van der Waals surface area contributed by atoms with E-state index in [9.17, 15) is 9.18 Å². The molecule has 0 fully saturated rings. The number of halogens is 1. The summed E-state index contributed by atoms with van der Waals surface area (Å²) >= 11 is 0. The molecule has 0 aliphatic rings. The number of carbonyl (C=O) groups excluding carboxylic acids is 1. The van der Waals surface area contributed by atoms with Crippen molar-refractivity contribution in [2.75, 3.05) is 6.54 Å². The van der Waals surface area contributed by atoms with E-state index in [0.717, 1.165) is 6.42 Å². The van der Waals surface area contributed by atoms with Crippen LogP contribution in [0.15, 0.2) is 34.9 Å². The molecule has 0 saturated carbocycles. The van der Waals surface area contributed by atoms with Gasteiger partial charge in [-0.3, -0.25) is 4.79 Å². The number of amides is 1. The maximum absolute atomic E-state index is 13.0. The van der Waals surface area contributed by atoms with Crippen LogP contribution in [0.3, 0.4) is 0 Å². The molecule has 0 spiro atoms. The van der Waals surface area contributed by atoms with Gasteiger partial charge in [0.05, 0.1) is 0 Å². The molecule has 0 atom stereocenters. The van der Waals surface area contributed by atoms with Crippen molar-refractivity contribution >= 4 is 5.91 Å². The predicted octanol–water partition coefficient (Wildman–Crippen LogP) is 2.62. The Morgan fingerprint density at radius 1 is 1.44 bits per heavy atom. The third-order valence-corrected chi connectivity index (χ3v) is 2.39. The van der Waals surface area contributed by atoms with Crippen molar-refractivity contribution < 1.29 is 13.7 Å². The van der Waals surface area contributed by atoms with E-state index in [1.807, 2.05) is 6.92 Å². The highest BCUT2D eigenvalue weighted by atomic mass is 19.1. The van der Waals surface area contributed by atoms with Gasteiger partial charge < -0.3 is 9.84 Å². The second-order valence-corrected chi connectivity index (χ2v) is 3.84. The van der Waals surface area contributed by atoms with E-state index in [-0.39, 0.29) is 17.5 Å². The summed E-state index contributed by atoms with van der Waals surface area (Å²) in [6.45, 7) is 2.54. The Morgan fingerprint density at radius 2 is 2.28 bits per heavy atom. The SMILES string of the molecule is CCCNC(=O)c1cc(-c2cccc(F)c2)no1. The molecule has 2 aromatic rings. The van der Waals surface area contributed by atoms with Crippen LogP contribution in [0.4, 0.5) is 4.39 Å². The summed E-state index contributed by atoms with van der Waals surface area (Å²) in [5, 5.41) is 6.43. The lowest BCUT2D eigenvalue weighted by molar-refractivity contribution is 0.0917. The molecule has 0 bridgehead atoms. The average Bonchev–Trinajstić information content (AvgIpc) is 2.85. The quantitative estimate of drug-likeness (QED) is 0.904. The number of nitrogens with one attached hydrogen (secondary N) is 1. The van der Waals surface area contributed by atoms with Crippen molar-refractivity contribution in [2.24, 2.45) is 0 Å². The molecule has 1 aromatic carbocycles. The van der Waals surface area contributed by atoms with Gasteiger partial charge in [-0.1, -0.05) is 24.2 Å². The van der Waals surface area contributed by atoms with Gasteiger partial charge in [0.15, 0.2) is 0 Å². The van der Waals surface area contributed by atoms with Gasteiger partial charge in [0, 0.05) is 18.2 Å². The lowest BCUT2D eigenvalue weighted by Gasteiger charge is -1.97. The van der Waals surface area contributed by atoms with Gasteiger partial charge in [-0.05, 0) is 18.6 Å². The van der Waals surface area contributed by atoms with Crippen molar-refractivity contribution in [1.29, 1.82) is 0 Å². The lowest BCUT2D eigenvalue weighted by Crippen LogP contribution is -2.23. The molecule has 4 nitrogen and oxygen atoms in total. The van der Waals surface area contributed by atoms with E-state index < -0.39 is 0 Å². The van der Waals surface area contributed by atoms with Crippen molar-refractivity contribution in [3.05, 3.63) is 41.9 Å². The van der Waals surface area contributed by atoms with Crippen LogP contribution in [0, 0.1) is 5.82 Å². The molecule has 1 N–H and O–H groups in total. The maximum Gasteiger partial charge on any atom is 0.289 e. The molecule has 0 aliphatic carbocycles. The van der Waals surface area contributed by atoms with E-state index in [0.29, 0.717) is 17.8 Å². The Labute approximate surface area is 104 Å². The Hall–Kier alpha value is -2.17. The zero-order valence-electron chi connectivity index (χ0n) is 9.94. The molecule has 0 unspecified atom stereocenters. The third-order valence-electron chi connectivity index (χ3n) is 2.39. The molecule has 18 heavy (non-hydrogen) atoms. The standard InChI is InChI=1S/C13H13FN2O2/c1-2-6-15-13(17)12-8-11(16-18-12)9-4-3-5-10(14)7-9/h3-5,7-8H,2,6H2,1H3,(H,15,17). The summed E-state index contributed by atoms with van der Waals surface area (Å²) in [6.07, 6.45) is 0.844. The molecule has 0 aliphatic heterocycles. The Balaban J connectivity index is 2.17. The number of carbonyl (C=O) groups is 1. The Bertz CT molecular complexity index is 551. The predicted molar refractivity (Wildman–Crippen MR) is 64.5 cm³/mol. The van der Waals surface area contributed by atoms with Crippen molar-refractivity contribution in [2.45, 2.75) is 13.3 Å². The first-order valence-corrected chi connectivity index (χ1v) is 5.71. The number of nitrogens with zero attached hydrogens (tertiary/aromatic N) is 1. The minimum atomic E-state index is -0.354.